The average molecular weight is 459 g/mol. The number of anilines is 1. The molecule has 0 radical (unpaired) electrons. The van der Waals surface area contributed by atoms with Crippen molar-refractivity contribution in [2.45, 2.75) is 64.8 Å². The number of nitrogens with zero attached hydrogens (tertiary/aromatic N) is 5. The topological polar surface area (TPSA) is 108 Å². The monoisotopic (exact) mass is 459 g/mol. The van der Waals surface area contributed by atoms with Crippen LogP contribution in [-0.2, 0) is 14.4 Å². The molecule has 0 aromatic carbocycles. The predicted octanol–water partition coefficient (Wildman–Crippen LogP) is 2.71. The molecule has 32 heavy (non-hydrogen) atoms. The molecule has 1 aromatic heterocycles. The lowest BCUT2D eigenvalue weighted by Gasteiger charge is -2.38. The Hall–Kier alpha value is -2.92. The zero-order valence-electron chi connectivity index (χ0n) is 18.7. The highest BCUT2D eigenvalue weighted by Gasteiger charge is 2.45. The maximum Gasteiger partial charge on any atom is 0.490 e. The van der Waals surface area contributed by atoms with Gasteiger partial charge in [0.2, 0.25) is 5.95 Å². The summed E-state index contributed by atoms with van der Waals surface area (Å²) >= 11 is 0. The summed E-state index contributed by atoms with van der Waals surface area (Å²) in [5.41, 5.74) is 1.99. The molecule has 1 aromatic rings. The van der Waals surface area contributed by atoms with Crippen molar-refractivity contribution >= 4 is 23.5 Å². The smallest absolute Gasteiger partial charge is 0.475 e. The number of hydrogen-bond acceptors (Lipinski definition) is 7. The number of oxime groups is 1. The van der Waals surface area contributed by atoms with E-state index in [1.165, 1.54) is 0 Å². The van der Waals surface area contributed by atoms with E-state index in [2.05, 4.69) is 20.0 Å². The van der Waals surface area contributed by atoms with Gasteiger partial charge in [-0.05, 0) is 46.6 Å². The first-order valence-corrected chi connectivity index (χ1v) is 10.1. The molecule has 0 saturated carbocycles. The molecule has 1 N–H and O–H groups in total. The molecule has 2 aliphatic heterocycles. The number of carboxylic acids is 1. The van der Waals surface area contributed by atoms with Gasteiger partial charge < -0.3 is 19.7 Å². The van der Waals surface area contributed by atoms with E-state index in [1.54, 1.807) is 11.9 Å². The molecule has 1 unspecified atom stereocenters. The summed E-state index contributed by atoms with van der Waals surface area (Å²) in [7, 11) is 1.80. The zero-order valence-corrected chi connectivity index (χ0v) is 18.7. The Kier molecular flexibility index (Phi) is 7.68. The van der Waals surface area contributed by atoms with Crippen molar-refractivity contribution in [1.29, 1.82) is 0 Å². The normalized spacial score (nSPS) is 20.4. The predicted molar refractivity (Wildman–Crippen MR) is 110 cm³/mol. The van der Waals surface area contributed by atoms with E-state index in [0.29, 0.717) is 18.7 Å². The van der Waals surface area contributed by atoms with Crippen LogP contribution in [-0.4, -0.2) is 75.5 Å². The highest BCUT2D eigenvalue weighted by atomic mass is 19.4. The van der Waals surface area contributed by atoms with Crippen LogP contribution in [0, 0.1) is 13.8 Å². The largest absolute Gasteiger partial charge is 0.490 e. The van der Waals surface area contributed by atoms with Crippen molar-refractivity contribution < 1.29 is 32.7 Å². The number of aromatic nitrogens is 2. The minimum Gasteiger partial charge on any atom is -0.475 e. The number of carboxylic acid groups (broad SMARTS) is 1. The van der Waals surface area contributed by atoms with Gasteiger partial charge in [0.1, 0.15) is 5.71 Å². The van der Waals surface area contributed by atoms with Gasteiger partial charge in [-0.1, -0.05) is 5.16 Å². The van der Waals surface area contributed by atoms with Gasteiger partial charge in [-0.2, -0.15) is 13.2 Å². The molecule has 1 saturated heterocycles. The number of carbonyl (C=O) groups excluding carboxylic acids is 1. The minimum atomic E-state index is -5.08. The summed E-state index contributed by atoms with van der Waals surface area (Å²) in [6, 6.07) is 2.11. The fourth-order valence-electron chi connectivity index (χ4n) is 3.41. The first kappa shape index (κ1) is 25.3. The highest BCUT2D eigenvalue weighted by Crippen LogP contribution is 2.35. The van der Waals surface area contributed by atoms with E-state index < -0.39 is 17.7 Å². The fraction of sp³-hybridized carbons (Fsp3) is 0.650. The van der Waals surface area contributed by atoms with Crippen LogP contribution >= 0.6 is 0 Å². The number of rotatable bonds is 3. The third-order valence-electron chi connectivity index (χ3n) is 5.22. The van der Waals surface area contributed by atoms with E-state index in [-0.39, 0.29) is 11.9 Å². The molecule has 1 atom stereocenters. The number of piperidine rings is 1. The van der Waals surface area contributed by atoms with E-state index in [0.717, 1.165) is 36.7 Å². The molecule has 178 valence electrons. The van der Waals surface area contributed by atoms with Crippen molar-refractivity contribution in [3.05, 3.63) is 17.5 Å². The molecule has 0 bridgehead atoms. The quantitative estimate of drug-likeness (QED) is 0.740. The van der Waals surface area contributed by atoms with Crippen LogP contribution in [0.25, 0.3) is 0 Å². The molecule has 9 nitrogen and oxygen atoms in total. The lowest BCUT2D eigenvalue weighted by molar-refractivity contribution is -0.192. The van der Waals surface area contributed by atoms with Crippen molar-refractivity contribution in [1.82, 2.24) is 14.9 Å². The third-order valence-corrected chi connectivity index (χ3v) is 5.22. The van der Waals surface area contributed by atoms with Gasteiger partial charge in [-0.25, -0.2) is 14.8 Å². The SMILES string of the molecule is Cc1cc(C)nc(N2CCCC3(CC(C(=O)N(C)C(C)C)=NO3)C2)n1.O=C(O)C(F)(F)F. The first-order valence-electron chi connectivity index (χ1n) is 10.1. The molecule has 1 amide bonds. The molecule has 1 fully saturated rings. The van der Waals surface area contributed by atoms with Crippen molar-refractivity contribution in [3.63, 3.8) is 0 Å². The van der Waals surface area contributed by atoms with Gasteiger partial charge >= 0.3 is 12.1 Å². The van der Waals surface area contributed by atoms with Gasteiger partial charge in [0.05, 0.1) is 6.54 Å². The molecule has 1 spiro atoms. The van der Waals surface area contributed by atoms with E-state index in [9.17, 15) is 18.0 Å². The highest BCUT2D eigenvalue weighted by molar-refractivity contribution is 6.39. The Labute approximate surface area is 184 Å². The molecule has 3 rings (SSSR count). The number of hydrogen-bond donors (Lipinski definition) is 1. The standard InChI is InChI=1S/C18H27N5O2.C2HF3O2/c1-12(2)22(5)16(24)15-10-18(25-21-15)7-6-8-23(11-18)17-19-13(3)9-14(4)20-17;3-2(4,5)1(6)7/h9,12H,6-8,10-11H2,1-5H3;(H,6,7). The number of aryl methyl sites for hydroxylation is 2. The Bertz CT molecular complexity index is 870. The third kappa shape index (κ3) is 6.30. The van der Waals surface area contributed by atoms with Crippen molar-refractivity contribution in [2.75, 3.05) is 25.0 Å². The summed E-state index contributed by atoms with van der Waals surface area (Å²) in [6.07, 6.45) is -2.68. The van der Waals surface area contributed by atoms with E-state index >= 15 is 0 Å². The van der Waals surface area contributed by atoms with Crippen molar-refractivity contribution in [3.8, 4) is 0 Å². The van der Waals surface area contributed by atoms with Gasteiger partial charge in [-0.15, -0.1) is 0 Å². The summed E-state index contributed by atoms with van der Waals surface area (Å²) in [6.45, 7) is 9.48. The number of aliphatic carboxylic acids is 1. The van der Waals surface area contributed by atoms with Gasteiger partial charge in [0.25, 0.3) is 5.91 Å². The first-order chi connectivity index (χ1) is 14.7. The summed E-state index contributed by atoms with van der Waals surface area (Å²) < 4.78 is 31.7. The maximum absolute atomic E-state index is 12.5. The van der Waals surface area contributed by atoms with Gasteiger partial charge in [0, 0.05) is 37.4 Å². The molecule has 0 aliphatic carbocycles. The van der Waals surface area contributed by atoms with Crippen LogP contribution in [0.1, 0.15) is 44.5 Å². The molecule has 12 heteroatoms. The Balaban J connectivity index is 0.000000451. The van der Waals surface area contributed by atoms with Crippen LogP contribution in [0.5, 0.6) is 0 Å². The Morgan fingerprint density at radius 1 is 1.25 bits per heavy atom. The fourth-order valence-corrected chi connectivity index (χ4v) is 3.41. The maximum atomic E-state index is 12.5. The van der Waals surface area contributed by atoms with Crippen LogP contribution in [0.3, 0.4) is 0 Å². The lowest BCUT2D eigenvalue weighted by Crippen LogP contribution is -2.50. The van der Waals surface area contributed by atoms with E-state index in [4.69, 9.17) is 14.7 Å². The summed E-state index contributed by atoms with van der Waals surface area (Å²) in [5, 5.41) is 11.3. The Morgan fingerprint density at radius 3 is 2.31 bits per heavy atom. The molecular weight excluding hydrogens is 431 g/mol. The molecule has 2 aliphatic rings. The number of carbonyl (C=O) groups is 2. The Morgan fingerprint density at radius 2 is 1.81 bits per heavy atom. The zero-order chi connectivity index (χ0) is 24.3. The molecular formula is C20H28F3N5O4. The van der Waals surface area contributed by atoms with Crippen LogP contribution < -0.4 is 4.90 Å². The number of halogens is 3. The minimum absolute atomic E-state index is 0.0494. The van der Waals surface area contributed by atoms with Crippen LogP contribution in [0.4, 0.5) is 19.1 Å². The summed E-state index contributed by atoms with van der Waals surface area (Å²) in [5.74, 6) is -2.07. The average Bonchev–Trinajstić information content (AvgIpc) is 3.08. The van der Waals surface area contributed by atoms with Crippen LogP contribution in [0.15, 0.2) is 11.2 Å². The summed E-state index contributed by atoms with van der Waals surface area (Å²) in [4.78, 5) is 40.2. The van der Waals surface area contributed by atoms with Crippen molar-refractivity contribution in [2.24, 2.45) is 5.16 Å². The number of alkyl halides is 3. The number of amides is 1. The van der Waals surface area contributed by atoms with Gasteiger partial charge in [0.15, 0.2) is 5.60 Å². The van der Waals surface area contributed by atoms with Gasteiger partial charge in [-0.3, -0.25) is 4.79 Å². The molecule has 3 heterocycles. The van der Waals surface area contributed by atoms with Crippen LogP contribution in [0.2, 0.25) is 0 Å². The van der Waals surface area contributed by atoms with E-state index in [1.807, 2.05) is 33.8 Å². The second kappa shape index (κ2) is 9.70. The second-order valence-electron chi connectivity index (χ2n) is 8.28. The second-order valence-corrected chi connectivity index (χ2v) is 8.28. The lowest BCUT2D eigenvalue weighted by atomic mass is 9.88.